The Morgan fingerprint density at radius 2 is 0.922 bits per heavy atom. The third-order valence-electron chi connectivity index (χ3n) is 9.54. The average molecular weight is 655 g/mol. The fourth-order valence-electron chi connectivity index (χ4n) is 7.17. The highest BCUT2D eigenvalue weighted by Crippen LogP contribution is 2.50. The van der Waals surface area contributed by atoms with Gasteiger partial charge in [0, 0.05) is 38.8 Å². The summed E-state index contributed by atoms with van der Waals surface area (Å²) in [5, 5.41) is 6.13. The van der Waals surface area contributed by atoms with Crippen LogP contribution in [-0.2, 0) is 0 Å². The first-order valence-electron chi connectivity index (χ1n) is 17.0. The minimum atomic E-state index is 0.634. The first-order chi connectivity index (χ1) is 25.3. The number of aromatic nitrogens is 4. The van der Waals surface area contributed by atoms with Crippen molar-refractivity contribution in [3.05, 3.63) is 176 Å². The van der Waals surface area contributed by atoms with Crippen molar-refractivity contribution in [3.8, 4) is 39.9 Å². The Bertz CT molecular complexity index is 2650. The number of anilines is 5. The predicted molar refractivity (Wildman–Crippen MR) is 208 cm³/mol. The van der Waals surface area contributed by atoms with Gasteiger partial charge in [-0.2, -0.15) is 0 Å². The number of para-hydroxylation sites is 4. The first kappa shape index (κ1) is 28.9. The molecule has 51 heavy (non-hydrogen) atoms. The van der Waals surface area contributed by atoms with Gasteiger partial charge < -0.3 is 14.8 Å². The molecule has 1 N–H and O–H groups in total. The molecule has 6 heteroatoms. The van der Waals surface area contributed by atoms with Crippen LogP contribution >= 0.6 is 0 Å². The fraction of sp³-hybridized carbons (Fsp3) is 0. The van der Waals surface area contributed by atoms with Gasteiger partial charge >= 0.3 is 0 Å². The molecule has 10 rings (SSSR count). The van der Waals surface area contributed by atoms with Crippen LogP contribution in [0.4, 0.5) is 28.4 Å². The molecular formula is C45H30N6. The maximum absolute atomic E-state index is 4.95. The molecule has 2 aromatic heterocycles. The van der Waals surface area contributed by atoms with Crippen molar-refractivity contribution in [2.24, 2.45) is 0 Å². The summed E-state index contributed by atoms with van der Waals surface area (Å²) < 4.78 is 2.35. The van der Waals surface area contributed by atoms with Gasteiger partial charge in [-0.05, 0) is 66.7 Å². The lowest BCUT2D eigenvalue weighted by molar-refractivity contribution is 1.07. The summed E-state index contributed by atoms with van der Waals surface area (Å²) in [6.45, 7) is 0. The monoisotopic (exact) mass is 654 g/mol. The molecule has 3 heterocycles. The molecule has 0 saturated heterocycles. The van der Waals surface area contributed by atoms with E-state index in [1.54, 1.807) is 0 Å². The van der Waals surface area contributed by atoms with E-state index in [2.05, 4.69) is 130 Å². The Hall–Kier alpha value is -7.05. The summed E-state index contributed by atoms with van der Waals surface area (Å²) in [7, 11) is 0. The van der Waals surface area contributed by atoms with Gasteiger partial charge in [0.2, 0.25) is 0 Å². The van der Waals surface area contributed by atoms with Gasteiger partial charge in [-0.3, -0.25) is 0 Å². The molecule has 0 amide bonds. The van der Waals surface area contributed by atoms with Gasteiger partial charge in [0.25, 0.3) is 0 Å². The summed E-state index contributed by atoms with van der Waals surface area (Å²) in [6.07, 6.45) is 0. The van der Waals surface area contributed by atoms with E-state index in [0.29, 0.717) is 17.5 Å². The molecular weight excluding hydrogens is 625 g/mol. The maximum Gasteiger partial charge on any atom is 0.164 e. The molecule has 0 bridgehead atoms. The molecule has 0 spiro atoms. The number of fused-ring (bicyclic) bond motifs is 5. The van der Waals surface area contributed by atoms with Gasteiger partial charge in [-0.25, -0.2) is 15.0 Å². The normalized spacial score (nSPS) is 12.0. The summed E-state index contributed by atoms with van der Waals surface area (Å²) in [4.78, 5) is 17.1. The van der Waals surface area contributed by atoms with Crippen molar-refractivity contribution in [1.82, 2.24) is 19.5 Å². The minimum Gasteiger partial charge on any atom is -0.352 e. The molecule has 0 fully saturated rings. The predicted octanol–water partition coefficient (Wildman–Crippen LogP) is 11.5. The Labute approximate surface area is 295 Å². The zero-order valence-corrected chi connectivity index (χ0v) is 27.5. The van der Waals surface area contributed by atoms with Gasteiger partial charge in [0.1, 0.15) is 0 Å². The molecule has 240 valence electrons. The second-order valence-electron chi connectivity index (χ2n) is 12.6. The van der Waals surface area contributed by atoms with Gasteiger partial charge in [-0.1, -0.05) is 109 Å². The van der Waals surface area contributed by atoms with E-state index in [1.807, 2.05) is 60.7 Å². The van der Waals surface area contributed by atoms with Gasteiger partial charge in [-0.15, -0.1) is 0 Å². The summed E-state index contributed by atoms with van der Waals surface area (Å²) in [5.41, 5.74) is 11.6. The zero-order chi connectivity index (χ0) is 33.7. The molecule has 9 aromatic rings. The summed E-state index contributed by atoms with van der Waals surface area (Å²) >= 11 is 0. The number of rotatable bonds is 5. The second-order valence-corrected chi connectivity index (χ2v) is 12.6. The highest BCUT2D eigenvalue weighted by molar-refractivity contribution is 6.14. The van der Waals surface area contributed by atoms with E-state index in [9.17, 15) is 0 Å². The quantitative estimate of drug-likeness (QED) is 0.200. The molecule has 0 aliphatic carbocycles. The fourth-order valence-corrected chi connectivity index (χ4v) is 7.17. The van der Waals surface area contributed by atoms with E-state index in [1.165, 1.54) is 10.8 Å². The Morgan fingerprint density at radius 3 is 1.59 bits per heavy atom. The van der Waals surface area contributed by atoms with Crippen molar-refractivity contribution in [2.75, 3.05) is 10.2 Å². The number of nitrogens with one attached hydrogen (secondary N) is 1. The molecule has 7 aromatic carbocycles. The highest BCUT2D eigenvalue weighted by Gasteiger charge is 2.26. The molecule has 6 nitrogen and oxygen atoms in total. The van der Waals surface area contributed by atoms with Crippen molar-refractivity contribution >= 4 is 50.2 Å². The van der Waals surface area contributed by atoms with Gasteiger partial charge in [0.15, 0.2) is 17.5 Å². The number of hydrogen-bond donors (Lipinski definition) is 1. The SMILES string of the molecule is c1ccc(-c2nc(-c3ccccc3)nc(-c3ccc(-n4c5ccccc5c5cc6c(cc54)Nc4ccccc4N6c4ccccc4)cc3)n2)cc1. The number of nitrogens with zero attached hydrogens (tertiary/aromatic N) is 5. The molecule has 1 aliphatic heterocycles. The molecule has 0 saturated carbocycles. The molecule has 0 unspecified atom stereocenters. The van der Waals surface area contributed by atoms with Crippen molar-refractivity contribution in [1.29, 1.82) is 0 Å². The van der Waals surface area contributed by atoms with Crippen LogP contribution in [0.1, 0.15) is 0 Å². The molecule has 1 aliphatic rings. The minimum absolute atomic E-state index is 0.634. The summed E-state index contributed by atoms with van der Waals surface area (Å²) in [6, 6.07) is 61.0. The van der Waals surface area contributed by atoms with Crippen LogP contribution < -0.4 is 10.2 Å². The third-order valence-corrected chi connectivity index (χ3v) is 9.54. The van der Waals surface area contributed by atoms with Crippen LogP contribution in [0.5, 0.6) is 0 Å². The van der Waals surface area contributed by atoms with Crippen molar-refractivity contribution in [3.63, 3.8) is 0 Å². The first-order valence-corrected chi connectivity index (χ1v) is 17.0. The molecule has 0 atom stereocenters. The van der Waals surface area contributed by atoms with Crippen LogP contribution in [0, 0.1) is 0 Å². The van der Waals surface area contributed by atoms with Crippen LogP contribution in [0.3, 0.4) is 0 Å². The van der Waals surface area contributed by atoms with E-state index < -0.39 is 0 Å². The highest BCUT2D eigenvalue weighted by atomic mass is 15.2. The van der Waals surface area contributed by atoms with Crippen LogP contribution in [0.15, 0.2) is 176 Å². The van der Waals surface area contributed by atoms with Crippen molar-refractivity contribution in [2.45, 2.75) is 0 Å². The average Bonchev–Trinajstić information content (AvgIpc) is 3.53. The van der Waals surface area contributed by atoms with E-state index >= 15 is 0 Å². The standard InChI is InChI=1S/C45H30N6/c1-4-14-30(15-5-1)43-47-44(31-16-6-2-7-17-31)49-45(48-43)32-24-26-34(27-25-32)50-39-22-12-10-20-35(39)36-28-42-38(29-41(36)50)46-37-21-11-13-23-40(37)51(42)33-18-8-3-9-19-33/h1-29,46H. The Balaban J connectivity index is 1.12. The third kappa shape index (κ3) is 4.92. The van der Waals surface area contributed by atoms with Crippen molar-refractivity contribution < 1.29 is 0 Å². The molecule has 0 radical (unpaired) electrons. The zero-order valence-electron chi connectivity index (χ0n) is 27.5. The smallest absolute Gasteiger partial charge is 0.164 e. The number of hydrogen-bond acceptors (Lipinski definition) is 5. The lowest BCUT2D eigenvalue weighted by Gasteiger charge is -2.34. The summed E-state index contributed by atoms with van der Waals surface area (Å²) in [5.74, 6) is 1.93. The van der Waals surface area contributed by atoms with Crippen LogP contribution in [-0.4, -0.2) is 19.5 Å². The van der Waals surface area contributed by atoms with E-state index in [-0.39, 0.29) is 0 Å². The second kappa shape index (κ2) is 11.8. The Morgan fingerprint density at radius 1 is 0.373 bits per heavy atom. The largest absolute Gasteiger partial charge is 0.352 e. The Kier molecular flexibility index (Phi) is 6.70. The van der Waals surface area contributed by atoms with E-state index in [4.69, 9.17) is 15.0 Å². The lowest BCUT2D eigenvalue weighted by atomic mass is 10.0. The van der Waals surface area contributed by atoms with E-state index in [0.717, 1.165) is 61.8 Å². The van der Waals surface area contributed by atoms with Crippen LogP contribution in [0.2, 0.25) is 0 Å². The van der Waals surface area contributed by atoms with Gasteiger partial charge in [0.05, 0.1) is 33.8 Å². The maximum atomic E-state index is 4.95. The number of benzene rings is 7. The topological polar surface area (TPSA) is 58.9 Å². The lowest BCUT2D eigenvalue weighted by Crippen LogP contribution is -2.17. The van der Waals surface area contributed by atoms with Crippen LogP contribution in [0.25, 0.3) is 61.7 Å².